The van der Waals surface area contributed by atoms with Gasteiger partial charge in [0.25, 0.3) is 0 Å². The second-order valence-electron chi connectivity index (χ2n) is 4.46. The lowest BCUT2D eigenvalue weighted by Gasteiger charge is -2.20. The molecule has 1 rings (SSSR count). The summed E-state index contributed by atoms with van der Waals surface area (Å²) >= 11 is 7.58. The molecule has 1 N–H and O–H groups in total. The van der Waals surface area contributed by atoms with Crippen LogP contribution in [0.3, 0.4) is 0 Å². The van der Waals surface area contributed by atoms with Crippen molar-refractivity contribution in [3.63, 3.8) is 0 Å². The molecule has 0 saturated heterocycles. The largest absolute Gasteiger partial charge is 0.307 e. The Bertz CT molecular complexity index is 303. The number of halogens is 1. The fourth-order valence-corrected chi connectivity index (χ4v) is 2.74. The zero-order valence-corrected chi connectivity index (χ0v) is 12.1. The molecule has 0 aliphatic carbocycles. The van der Waals surface area contributed by atoms with Crippen LogP contribution in [0.15, 0.2) is 0 Å². The summed E-state index contributed by atoms with van der Waals surface area (Å²) in [6.07, 6.45) is 1.02. The molecule has 0 aromatic carbocycles. The molecule has 0 amide bonds. The Morgan fingerprint density at radius 1 is 1.38 bits per heavy atom. The number of hydrogen-bond donors (Lipinski definition) is 1. The van der Waals surface area contributed by atoms with Gasteiger partial charge in [-0.25, -0.2) is 4.98 Å². The molecule has 0 radical (unpaired) electrons. The molecule has 16 heavy (non-hydrogen) atoms. The topological polar surface area (TPSA) is 24.9 Å². The first-order valence-corrected chi connectivity index (χ1v) is 7.12. The highest BCUT2D eigenvalue weighted by Crippen LogP contribution is 2.17. The summed E-state index contributed by atoms with van der Waals surface area (Å²) in [5.41, 5.74) is 1.15. The quantitative estimate of drug-likeness (QED) is 0.792. The van der Waals surface area contributed by atoms with Gasteiger partial charge < -0.3 is 5.32 Å². The molecule has 4 heteroatoms. The van der Waals surface area contributed by atoms with Crippen molar-refractivity contribution < 1.29 is 0 Å². The Morgan fingerprint density at radius 2 is 2.06 bits per heavy atom. The summed E-state index contributed by atoms with van der Waals surface area (Å²) in [5, 5.41) is 4.72. The predicted molar refractivity (Wildman–Crippen MR) is 72.4 cm³/mol. The van der Waals surface area contributed by atoms with Crippen molar-refractivity contribution in [2.24, 2.45) is 5.92 Å². The Hall–Kier alpha value is -0.120. The van der Waals surface area contributed by atoms with E-state index >= 15 is 0 Å². The smallest absolute Gasteiger partial charge is 0.107 e. The number of thiazole rings is 1. The van der Waals surface area contributed by atoms with Crippen molar-refractivity contribution in [1.82, 2.24) is 10.3 Å². The van der Waals surface area contributed by atoms with Crippen LogP contribution in [-0.4, -0.2) is 16.9 Å². The zero-order valence-electron chi connectivity index (χ0n) is 10.5. The number of nitrogens with zero attached hydrogens (tertiary/aromatic N) is 1. The van der Waals surface area contributed by atoms with Crippen LogP contribution in [0, 0.1) is 19.8 Å². The van der Waals surface area contributed by atoms with Gasteiger partial charge in [-0.2, -0.15) is 0 Å². The van der Waals surface area contributed by atoms with Gasteiger partial charge >= 0.3 is 0 Å². The van der Waals surface area contributed by atoms with Crippen LogP contribution < -0.4 is 5.32 Å². The maximum atomic E-state index is 5.80. The molecular weight excluding hydrogens is 240 g/mol. The minimum atomic E-state index is 0.488. The van der Waals surface area contributed by atoms with E-state index in [0.29, 0.717) is 17.8 Å². The third-order valence-electron chi connectivity index (χ3n) is 2.81. The molecular formula is C12H21ClN2S. The zero-order chi connectivity index (χ0) is 12.1. The van der Waals surface area contributed by atoms with Crippen LogP contribution in [0.2, 0.25) is 0 Å². The van der Waals surface area contributed by atoms with Gasteiger partial charge in [-0.05, 0) is 26.2 Å². The van der Waals surface area contributed by atoms with Gasteiger partial charge in [-0.3, -0.25) is 0 Å². The standard InChI is InChI=1S/C12H21ClN2S/c1-8(2)11(5-6-13)14-7-12-15-9(3)10(4)16-12/h8,11,14H,5-7H2,1-4H3. The fraction of sp³-hybridized carbons (Fsp3) is 0.750. The van der Waals surface area contributed by atoms with E-state index in [0.717, 1.165) is 18.7 Å². The Morgan fingerprint density at radius 3 is 2.50 bits per heavy atom. The molecule has 1 heterocycles. The fourth-order valence-electron chi connectivity index (χ4n) is 1.62. The second kappa shape index (κ2) is 6.58. The van der Waals surface area contributed by atoms with E-state index in [1.807, 2.05) is 0 Å². The van der Waals surface area contributed by atoms with Gasteiger partial charge in [0.15, 0.2) is 0 Å². The van der Waals surface area contributed by atoms with Gasteiger partial charge in [0.05, 0.1) is 5.69 Å². The third kappa shape index (κ3) is 4.04. The van der Waals surface area contributed by atoms with Gasteiger partial charge in [0, 0.05) is 23.3 Å². The molecule has 1 aromatic heterocycles. The number of hydrogen-bond acceptors (Lipinski definition) is 3. The SMILES string of the molecule is Cc1nc(CNC(CCCl)C(C)C)sc1C. The molecule has 2 nitrogen and oxygen atoms in total. The molecule has 0 bridgehead atoms. The van der Waals surface area contributed by atoms with E-state index in [-0.39, 0.29) is 0 Å². The Kier molecular flexibility index (Phi) is 5.73. The number of rotatable bonds is 6. The highest BCUT2D eigenvalue weighted by molar-refractivity contribution is 7.11. The molecule has 0 fully saturated rings. The predicted octanol–water partition coefficient (Wildman–Crippen LogP) is 3.50. The Labute approximate surface area is 107 Å². The second-order valence-corrected chi connectivity index (χ2v) is 6.12. The highest BCUT2D eigenvalue weighted by atomic mass is 35.5. The first-order valence-electron chi connectivity index (χ1n) is 5.76. The molecule has 1 unspecified atom stereocenters. The number of aromatic nitrogens is 1. The van der Waals surface area contributed by atoms with Crippen molar-refractivity contribution in [3.8, 4) is 0 Å². The summed E-state index contributed by atoms with van der Waals surface area (Å²) in [6, 6.07) is 0.488. The van der Waals surface area contributed by atoms with Crippen LogP contribution in [0.5, 0.6) is 0 Å². The minimum Gasteiger partial charge on any atom is -0.307 e. The lowest BCUT2D eigenvalue weighted by atomic mass is 10.0. The molecule has 0 aliphatic rings. The summed E-state index contributed by atoms with van der Waals surface area (Å²) in [6.45, 7) is 9.49. The summed E-state index contributed by atoms with van der Waals surface area (Å²) in [4.78, 5) is 5.84. The van der Waals surface area contributed by atoms with Crippen molar-refractivity contribution in [2.45, 2.75) is 46.7 Å². The normalized spacial score (nSPS) is 13.4. The minimum absolute atomic E-state index is 0.488. The van der Waals surface area contributed by atoms with Gasteiger partial charge in [0.1, 0.15) is 5.01 Å². The van der Waals surface area contributed by atoms with E-state index in [2.05, 4.69) is 38.0 Å². The first kappa shape index (κ1) is 13.9. The van der Waals surface area contributed by atoms with Gasteiger partial charge in [-0.1, -0.05) is 13.8 Å². The highest BCUT2D eigenvalue weighted by Gasteiger charge is 2.13. The van der Waals surface area contributed by atoms with E-state index in [1.54, 1.807) is 11.3 Å². The van der Waals surface area contributed by atoms with Crippen LogP contribution in [0.4, 0.5) is 0 Å². The molecule has 0 spiro atoms. The molecule has 1 aromatic rings. The lowest BCUT2D eigenvalue weighted by molar-refractivity contribution is 0.388. The van der Waals surface area contributed by atoms with Crippen LogP contribution in [-0.2, 0) is 6.54 Å². The van der Waals surface area contributed by atoms with E-state index in [1.165, 1.54) is 9.88 Å². The monoisotopic (exact) mass is 260 g/mol. The molecule has 0 aliphatic heterocycles. The molecule has 0 saturated carbocycles. The van der Waals surface area contributed by atoms with E-state index in [4.69, 9.17) is 11.6 Å². The van der Waals surface area contributed by atoms with Crippen LogP contribution >= 0.6 is 22.9 Å². The van der Waals surface area contributed by atoms with E-state index < -0.39 is 0 Å². The first-order chi connectivity index (χ1) is 7.54. The van der Waals surface area contributed by atoms with Crippen molar-refractivity contribution in [3.05, 3.63) is 15.6 Å². The van der Waals surface area contributed by atoms with Crippen LogP contribution in [0.25, 0.3) is 0 Å². The van der Waals surface area contributed by atoms with Crippen molar-refractivity contribution >= 4 is 22.9 Å². The van der Waals surface area contributed by atoms with E-state index in [9.17, 15) is 0 Å². The van der Waals surface area contributed by atoms with Crippen LogP contribution in [0.1, 0.15) is 35.8 Å². The maximum absolute atomic E-state index is 5.80. The van der Waals surface area contributed by atoms with Gasteiger partial charge in [-0.15, -0.1) is 22.9 Å². The van der Waals surface area contributed by atoms with Crippen molar-refractivity contribution in [1.29, 1.82) is 0 Å². The average Bonchev–Trinajstić information content (AvgIpc) is 2.53. The number of aryl methyl sites for hydroxylation is 2. The summed E-state index contributed by atoms with van der Waals surface area (Å²) in [7, 11) is 0. The number of alkyl halides is 1. The van der Waals surface area contributed by atoms with Crippen molar-refractivity contribution in [2.75, 3.05) is 5.88 Å². The maximum Gasteiger partial charge on any atom is 0.107 e. The summed E-state index contributed by atoms with van der Waals surface area (Å²) in [5.74, 6) is 1.33. The molecule has 1 atom stereocenters. The Balaban J connectivity index is 2.48. The average molecular weight is 261 g/mol. The summed E-state index contributed by atoms with van der Waals surface area (Å²) < 4.78 is 0. The lowest BCUT2D eigenvalue weighted by Crippen LogP contribution is -2.33. The van der Waals surface area contributed by atoms with Gasteiger partial charge in [0.2, 0.25) is 0 Å². The number of nitrogens with one attached hydrogen (secondary N) is 1. The molecule has 92 valence electrons. The third-order valence-corrected chi connectivity index (χ3v) is 4.10.